The van der Waals surface area contributed by atoms with Gasteiger partial charge in [-0.25, -0.2) is 4.79 Å². The minimum absolute atomic E-state index is 0.0671. The number of hydrogen-bond acceptors (Lipinski definition) is 4. The molecule has 0 spiro atoms. The zero-order chi connectivity index (χ0) is 13.3. The minimum Gasteiger partial charge on any atom is -0.507 e. The van der Waals surface area contributed by atoms with Crippen LogP contribution in [0, 0.1) is 0 Å². The molecule has 0 heterocycles. The van der Waals surface area contributed by atoms with Gasteiger partial charge in [-0.05, 0) is 18.2 Å². The van der Waals surface area contributed by atoms with Gasteiger partial charge in [0.1, 0.15) is 18.0 Å². The molecule has 92 valence electrons. The first-order valence-corrected chi connectivity index (χ1v) is 4.55. The average molecular weight is 239 g/mol. The van der Waals surface area contributed by atoms with Gasteiger partial charge < -0.3 is 20.6 Å². The normalized spacial score (nSPS) is 8.53. The van der Waals surface area contributed by atoms with Crippen molar-refractivity contribution in [2.24, 2.45) is 0 Å². The van der Waals surface area contributed by atoms with Crippen molar-refractivity contribution < 1.29 is 24.9 Å². The smallest absolute Gasteiger partial charge is 0.339 e. The molecule has 0 fully saturated rings. The van der Waals surface area contributed by atoms with E-state index in [0.29, 0.717) is 0 Å². The molecule has 4 N–H and O–H groups in total. The molecule has 6 nitrogen and oxygen atoms in total. The lowest BCUT2D eigenvalue weighted by Gasteiger charge is -1.95. The van der Waals surface area contributed by atoms with E-state index in [1.807, 2.05) is 0 Å². The summed E-state index contributed by atoms with van der Waals surface area (Å²) >= 11 is 0. The molecule has 0 radical (unpaired) electrons. The van der Waals surface area contributed by atoms with Gasteiger partial charge in [0, 0.05) is 0 Å². The average Bonchev–Trinajstić information content (AvgIpc) is 2.30. The van der Waals surface area contributed by atoms with Crippen LogP contribution in [0.25, 0.3) is 0 Å². The second kappa shape index (κ2) is 7.89. The topological polar surface area (TPSA) is 107 Å². The third kappa shape index (κ3) is 5.95. The maximum atomic E-state index is 10.3. The summed E-state index contributed by atoms with van der Waals surface area (Å²) in [5.74, 6) is -1.67. The molecule has 1 rings (SSSR count). The van der Waals surface area contributed by atoms with E-state index >= 15 is 0 Å². The zero-order valence-corrected chi connectivity index (χ0v) is 8.96. The van der Waals surface area contributed by atoms with E-state index in [1.165, 1.54) is 12.1 Å². The van der Waals surface area contributed by atoms with Crippen molar-refractivity contribution in [1.29, 1.82) is 0 Å². The van der Waals surface area contributed by atoms with Gasteiger partial charge in [-0.2, -0.15) is 0 Å². The predicted molar refractivity (Wildman–Crippen MR) is 60.5 cm³/mol. The maximum Gasteiger partial charge on any atom is 0.339 e. The van der Waals surface area contributed by atoms with Gasteiger partial charge in [0.25, 0.3) is 0 Å². The Bertz CT molecular complexity index is 403. The summed E-state index contributed by atoms with van der Waals surface area (Å²) < 4.78 is 0. The number of carboxylic acid groups (broad SMARTS) is 1. The van der Waals surface area contributed by atoms with E-state index in [4.69, 9.17) is 15.3 Å². The summed E-state index contributed by atoms with van der Waals surface area (Å²) in [5.41, 5.74) is -0.0671. The molecule has 1 aromatic carbocycles. The standard InChI is InChI=1S/C7H6O3.C4H7NO2/c8-6-4-2-1-3-5(6)7(9)10;1-2-4(7)5-3-6/h1-4,8H,(H,9,10);2,6H,1,3H2,(H,5,7). The highest BCUT2D eigenvalue weighted by molar-refractivity contribution is 5.90. The van der Waals surface area contributed by atoms with Gasteiger partial charge in [-0.3, -0.25) is 4.79 Å². The SMILES string of the molecule is C=CC(=O)NCO.O=C(O)c1ccccc1O. The van der Waals surface area contributed by atoms with Crippen molar-refractivity contribution in [2.45, 2.75) is 0 Å². The number of nitrogens with one attached hydrogen (secondary N) is 1. The third-order valence-electron chi connectivity index (χ3n) is 1.57. The molecule has 0 bridgehead atoms. The van der Waals surface area contributed by atoms with Gasteiger partial charge in [0.15, 0.2) is 0 Å². The van der Waals surface area contributed by atoms with Crippen molar-refractivity contribution in [3.05, 3.63) is 42.5 Å². The Morgan fingerprint density at radius 3 is 2.24 bits per heavy atom. The van der Waals surface area contributed by atoms with E-state index in [2.05, 4.69) is 11.9 Å². The van der Waals surface area contributed by atoms with Crippen LogP contribution in [0.3, 0.4) is 0 Å². The summed E-state index contributed by atoms with van der Waals surface area (Å²) in [5, 5.41) is 27.4. The number of aliphatic hydroxyl groups is 1. The maximum absolute atomic E-state index is 10.3. The van der Waals surface area contributed by atoms with Crippen molar-refractivity contribution in [3.63, 3.8) is 0 Å². The summed E-state index contributed by atoms with van der Waals surface area (Å²) in [6, 6.07) is 5.81. The van der Waals surface area contributed by atoms with E-state index < -0.39 is 5.97 Å². The van der Waals surface area contributed by atoms with Crippen LogP contribution in [0.1, 0.15) is 10.4 Å². The second-order valence-corrected chi connectivity index (χ2v) is 2.73. The van der Waals surface area contributed by atoms with E-state index in [0.717, 1.165) is 6.08 Å². The number of amides is 1. The number of carboxylic acids is 1. The lowest BCUT2D eigenvalue weighted by atomic mass is 10.2. The Morgan fingerprint density at radius 2 is 1.94 bits per heavy atom. The Morgan fingerprint density at radius 1 is 1.35 bits per heavy atom. The molecule has 0 saturated heterocycles. The molecule has 6 heteroatoms. The summed E-state index contributed by atoms with van der Waals surface area (Å²) in [6.07, 6.45) is 1.09. The first-order valence-electron chi connectivity index (χ1n) is 4.55. The summed E-state index contributed by atoms with van der Waals surface area (Å²) in [7, 11) is 0. The first-order chi connectivity index (χ1) is 8.02. The molecule has 0 aliphatic heterocycles. The number of phenols is 1. The van der Waals surface area contributed by atoms with Crippen LogP contribution in [0.5, 0.6) is 5.75 Å². The minimum atomic E-state index is -1.11. The summed E-state index contributed by atoms with van der Waals surface area (Å²) in [6.45, 7) is 2.83. The van der Waals surface area contributed by atoms with E-state index in [1.54, 1.807) is 12.1 Å². The quantitative estimate of drug-likeness (QED) is 0.449. The van der Waals surface area contributed by atoms with Gasteiger partial charge in [-0.1, -0.05) is 18.7 Å². The number of para-hydroxylation sites is 1. The fourth-order valence-electron chi connectivity index (χ4n) is 0.805. The van der Waals surface area contributed by atoms with Crippen LogP contribution in [-0.4, -0.2) is 33.9 Å². The van der Waals surface area contributed by atoms with Gasteiger partial charge in [0.05, 0.1) is 0 Å². The zero-order valence-electron chi connectivity index (χ0n) is 8.96. The molecule has 0 aliphatic rings. The Balaban J connectivity index is 0.000000325. The van der Waals surface area contributed by atoms with E-state index in [9.17, 15) is 9.59 Å². The van der Waals surface area contributed by atoms with Crippen LogP contribution in [0.2, 0.25) is 0 Å². The van der Waals surface area contributed by atoms with Crippen LogP contribution in [0.4, 0.5) is 0 Å². The van der Waals surface area contributed by atoms with Gasteiger partial charge in [-0.15, -0.1) is 0 Å². The number of aromatic hydroxyl groups is 1. The highest BCUT2D eigenvalue weighted by atomic mass is 16.4. The lowest BCUT2D eigenvalue weighted by molar-refractivity contribution is -0.117. The molecule has 0 unspecified atom stereocenters. The number of carbonyl (C=O) groups excluding carboxylic acids is 1. The summed E-state index contributed by atoms with van der Waals surface area (Å²) in [4.78, 5) is 20.3. The number of carbonyl (C=O) groups is 2. The van der Waals surface area contributed by atoms with Crippen LogP contribution < -0.4 is 5.32 Å². The number of benzene rings is 1. The number of aliphatic hydroxyl groups excluding tert-OH is 1. The third-order valence-corrected chi connectivity index (χ3v) is 1.57. The Labute approximate surface area is 97.8 Å². The lowest BCUT2D eigenvalue weighted by Crippen LogP contribution is -2.20. The number of aromatic carboxylic acids is 1. The monoisotopic (exact) mass is 239 g/mol. The molecule has 17 heavy (non-hydrogen) atoms. The molecule has 0 aliphatic carbocycles. The van der Waals surface area contributed by atoms with Gasteiger partial charge in [0.2, 0.25) is 5.91 Å². The molecule has 1 amide bonds. The second-order valence-electron chi connectivity index (χ2n) is 2.73. The predicted octanol–water partition coefficient (Wildman–Crippen LogP) is 0.329. The number of hydrogen-bond donors (Lipinski definition) is 4. The highest BCUT2D eigenvalue weighted by Gasteiger charge is 2.05. The van der Waals surface area contributed by atoms with Crippen LogP contribution in [0.15, 0.2) is 36.9 Å². The van der Waals surface area contributed by atoms with E-state index in [-0.39, 0.29) is 24.0 Å². The fourth-order valence-corrected chi connectivity index (χ4v) is 0.805. The molecule has 1 aromatic rings. The Hall–Kier alpha value is -2.34. The molecular weight excluding hydrogens is 226 g/mol. The first kappa shape index (κ1) is 14.7. The van der Waals surface area contributed by atoms with Crippen LogP contribution >= 0.6 is 0 Å². The number of rotatable bonds is 3. The van der Waals surface area contributed by atoms with Gasteiger partial charge >= 0.3 is 5.97 Å². The largest absolute Gasteiger partial charge is 0.507 e. The fraction of sp³-hybridized carbons (Fsp3) is 0.0909. The van der Waals surface area contributed by atoms with Crippen molar-refractivity contribution in [2.75, 3.05) is 6.73 Å². The molecule has 0 saturated carbocycles. The molecule has 0 aromatic heterocycles. The Kier molecular flexibility index (Phi) is 6.80. The highest BCUT2D eigenvalue weighted by Crippen LogP contribution is 2.14. The van der Waals surface area contributed by atoms with Crippen molar-refractivity contribution >= 4 is 11.9 Å². The van der Waals surface area contributed by atoms with Crippen molar-refractivity contribution in [1.82, 2.24) is 5.32 Å². The molecule has 0 atom stereocenters. The van der Waals surface area contributed by atoms with Crippen molar-refractivity contribution in [3.8, 4) is 5.75 Å². The van der Waals surface area contributed by atoms with Crippen LogP contribution in [-0.2, 0) is 4.79 Å². The molecular formula is C11H13NO5.